The van der Waals surface area contributed by atoms with Gasteiger partial charge in [-0.1, -0.05) is 45.3 Å². The van der Waals surface area contributed by atoms with E-state index in [1.54, 1.807) is 5.57 Å². The zero-order valence-corrected chi connectivity index (χ0v) is 13.6. The minimum Gasteiger partial charge on any atom is -0.298 e. The molecule has 0 spiro atoms. The van der Waals surface area contributed by atoms with Gasteiger partial charge >= 0.3 is 0 Å². The first-order chi connectivity index (χ1) is 9.72. The molecule has 0 atom stereocenters. The van der Waals surface area contributed by atoms with E-state index < -0.39 is 0 Å². The van der Waals surface area contributed by atoms with Crippen LogP contribution >= 0.6 is 15.9 Å². The highest BCUT2D eigenvalue weighted by Crippen LogP contribution is 2.27. The lowest BCUT2D eigenvalue weighted by Gasteiger charge is -2.15. The van der Waals surface area contributed by atoms with Crippen molar-refractivity contribution in [3.05, 3.63) is 51.0 Å². The molecule has 0 aromatic heterocycles. The van der Waals surface area contributed by atoms with Crippen LogP contribution in [-0.2, 0) is 0 Å². The van der Waals surface area contributed by atoms with Gasteiger partial charge in [0.15, 0.2) is 6.29 Å². The van der Waals surface area contributed by atoms with Crippen LogP contribution in [0.5, 0.6) is 0 Å². The second kappa shape index (κ2) is 7.58. The molecule has 0 saturated heterocycles. The van der Waals surface area contributed by atoms with E-state index in [4.69, 9.17) is 0 Å². The number of allylic oxidation sites excluding steroid dienone is 3. The summed E-state index contributed by atoms with van der Waals surface area (Å²) in [6, 6.07) is 5.91. The van der Waals surface area contributed by atoms with E-state index in [2.05, 4.69) is 35.0 Å². The fourth-order valence-corrected chi connectivity index (χ4v) is 3.15. The van der Waals surface area contributed by atoms with E-state index in [0.717, 1.165) is 34.7 Å². The van der Waals surface area contributed by atoms with Crippen LogP contribution in [0.1, 0.15) is 61.4 Å². The number of aldehydes is 1. The molecule has 0 amide bonds. The fraction of sp³-hybridized carbons (Fsp3) is 0.389. The van der Waals surface area contributed by atoms with Crippen LogP contribution in [0.4, 0.5) is 0 Å². The lowest BCUT2D eigenvalue weighted by molar-refractivity contribution is 0.112. The van der Waals surface area contributed by atoms with E-state index in [-0.39, 0.29) is 0 Å². The number of carbonyl (C=O) groups is 1. The molecular formula is C18H21BrO. The average Bonchev–Trinajstić information content (AvgIpc) is 2.43. The van der Waals surface area contributed by atoms with Gasteiger partial charge in [0.25, 0.3) is 0 Å². The first-order valence-electron chi connectivity index (χ1n) is 7.31. The van der Waals surface area contributed by atoms with Crippen molar-refractivity contribution in [2.75, 3.05) is 0 Å². The van der Waals surface area contributed by atoms with E-state index in [9.17, 15) is 4.79 Å². The predicted molar refractivity (Wildman–Crippen MR) is 89.0 cm³/mol. The van der Waals surface area contributed by atoms with Crippen molar-refractivity contribution in [2.24, 2.45) is 0 Å². The van der Waals surface area contributed by atoms with Gasteiger partial charge in [0, 0.05) is 10.0 Å². The standard InChI is InChI=1S/C18H21BrO/c1-2-14-5-3-7-15(8-4-6-14)11-16-9-10-18(19)12-17(16)13-20/h2,9-13H,3-8H2,1H3. The number of hydrogen-bond acceptors (Lipinski definition) is 1. The Hall–Kier alpha value is -1.15. The van der Waals surface area contributed by atoms with Crippen LogP contribution in [0.15, 0.2) is 39.9 Å². The summed E-state index contributed by atoms with van der Waals surface area (Å²) in [5, 5.41) is 0. The Bertz CT molecular complexity index is 526. The van der Waals surface area contributed by atoms with Crippen molar-refractivity contribution in [3.8, 4) is 0 Å². The van der Waals surface area contributed by atoms with Crippen molar-refractivity contribution < 1.29 is 4.79 Å². The number of carbonyl (C=O) groups excluding carboxylic acids is 1. The monoisotopic (exact) mass is 332 g/mol. The summed E-state index contributed by atoms with van der Waals surface area (Å²) >= 11 is 3.41. The van der Waals surface area contributed by atoms with Gasteiger partial charge in [0.05, 0.1) is 0 Å². The van der Waals surface area contributed by atoms with Gasteiger partial charge in [-0.05, 0) is 63.1 Å². The largest absolute Gasteiger partial charge is 0.298 e. The van der Waals surface area contributed by atoms with Crippen molar-refractivity contribution in [1.29, 1.82) is 0 Å². The molecule has 1 aliphatic carbocycles. The molecule has 1 fully saturated rings. The highest BCUT2D eigenvalue weighted by molar-refractivity contribution is 9.10. The third-order valence-electron chi connectivity index (χ3n) is 3.94. The van der Waals surface area contributed by atoms with Gasteiger partial charge in [-0.3, -0.25) is 4.79 Å². The van der Waals surface area contributed by atoms with Crippen LogP contribution in [0, 0.1) is 0 Å². The predicted octanol–water partition coefficient (Wildman–Crippen LogP) is 5.95. The third-order valence-corrected chi connectivity index (χ3v) is 4.43. The maximum atomic E-state index is 11.2. The topological polar surface area (TPSA) is 17.1 Å². The van der Waals surface area contributed by atoms with Crippen LogP contribution < -0.4 is 0 Å². The number of rotatable bonds is 2. The number of hydrogen-bond donors (Lipinski definition) is 0. The van der Waals surface area contributed by atoms with Crippen LogP contribution in [0.2, 0.25) is 0 Å². The average molecular weight is 333 g/mol. The van der Waals surface area contributed by atoms with Gasteiger partial charge in [0.1, 0.15) is 0 Å². The molecule has 1 nitrogen and oxygen atoms in total. The fourth-order valence-electron chi connectivity index (χ4n) is 2.77. The summed E-state index contributed by atoms with van der Waals surface area (Å²) in [4.78, 5) is 11.2. The van der Waals surface area contributed by atoms with E-state index in [0.29, 0.717) is 0 Å². The molecule has 1 aliphatic rings. The molecule has 2 rings (SSSR count). The van der Waals surface area contributed by atoms with Gasteiger partial charge in [0.2, 0.25) is 0 Å². The Morgan fingerprint density at radius 2 is 1.65 bits per heavy atom. The number of benzene rings is 1. The minimum atomic E-state index is 0.767. The second-order valence-electron chi connectivity index (χ2n) is 5.35. The van der Waals surface area contributed by atoms with Crippen molar-refractivity contribution in [3.63, 3.8) is 0 Å². The molecule has 1 aromatic carbocycles. The maximum Gasteiger partial charge on any atom is 0.150 e. The second-order valence-corrected chi connectivity index (χ2v) is 6.26. The van der Waals surface area contributed by atoms with Gasteiger partial charge in [-0.2, -0.15) is 0 Å². The summed E-state index contributed by atoms with van der Waals surface area (Å²) < 4.78 is 0.956. The summed E-state index contributed by atoms with van der Waals surface area (Å²) in [7, 11) is 0. The first-order valence-corrected chi connectivity index (χ1v) is 8.10. The SMILES string of the molecule is CC=C1CCCC(=Cc2ccc(Br)cc2C=O)CCC1. The quantitative estimate of drug-likeness (QED) is 0.483. The molecule has 2 heteroatoms. The Balaban J connectivity index is 2.16. The Kier molecular flexibility index (Phi) is 5.78. The van der Waals surface area contributed by atoms with Crippen molar-refractivity contribution in [2.45, 2.75) is 45.4 Å². The molecule has 1 aromatic rings. The molecule has 0 unspecified atom stereocenters. The van der Waals surface area contributed by atoms with E-state index in [1.165, 1.54) is 31.3 Å². The van der Waals surface area contributed by atoms with Crippen LogP contribution in [-0.4, -0.2) is 6.29 Å². The minimum absolute atomic E-state index is 0.767. The highest BCUT2D eigenvalue weighted by atomic mass is 79.9. The van der Waals surface area contributed by atoms with Gasteiger partial charge in [-0.15, -0.1) is 0 Å². The molecule has 1 saturated carbocycles. The van der Waals surface area contributed by atoms with Crippen molar-refractivity contribution in [1.82, 2.24) is 0 Å². The maximum absolute atomic E-state index is 11.2. The first kappa shape index (κ1) is 15.2. The molecule has 0 bridgehead atoms. The van der Waals surface area contributed by atoms with Crippen molar-refractivity contribution >= 4 is 28.3 Å². The van der Waals surface area contributed by atoms with Crippen LogP contribution in [0.25, 0.3) is 6.08 Å². The van der Waals surface area contributed by atoms with Gasteiger partial charge in [-0.25, -0.2) is 0 Å². The molecule has 0 N–H and O–H groups in total. The number of halogens is 1. The van der Waals surface area contributed by atoms with Crippen LogP contribution in [0.3, 0.4) is 0 Å². The van der Waals surface area contributed by atoms with E-state index in [1.807, 2.05) is 18.2 Å². The summed E-state index contributed by atoms with van der Waals surface area (Å²) in [6.45, 7) is 2.14. The summed E-state index contributed by atoms with van der Waals surface area (Å²) in [5.41, 5.74) is 4.89. The lowest BCUT2D eigenvalue weighted by atomic mass is 9.91. The molecule has 0 radical (unpaired) electrons. The zero-order chi connectivity index (χ0) is 14.4. The Morgan fingerprint density at radius 3 is 2.25 bits per heavy atom. The smallest absolute Gasteiger partial charge is 0.150 e. The molecular weight excluding hydrogens is 312 g/mol. The lowest BCUT2D eigenvalue weighted by Crippen LogP contribution is -1.95. The molecule has 106 valence electrons. The summed E-state index contributed by atoms with van der Waals surface area (Å²) in [6.07, 6.45) is 12.6. The summed E-state index contributed by atoms with van der Waals surface area (Å²) in [5.74, 6) is 0. The molecule has 0 aliphatic heterocycles. The third kappa shape index (κ3) is 4.17. The zero-order valence-electron chi connectivity index (χ0n) is 12.0. The Morgan fingerprint density at radius 1 is 1.00 bits per heavy atom. The molecule has 20 heavy (non-hydrogen) atoms. The Labute approximate surface area is 129 Å². The molecule has 0 heterocycles. The van der Waals surface area contributed by atoms with Gasteiger partial charge < -0.3 is 0 Å². The highest BCUT2D eigenvalue weighted by Gasteiger charge is 2.08. The van der Waals surface area contributed by atoms with E-state index >= 15 is 0 Å². The normalized spacial score (nSPS) is 16.3.